The maximum Gasteiger partial charge on any atom is 0.294 e. The number of rotatable bonds is 9. The lowest BCUT2D eigenvalue weighted by Gasteiger charge is -2.15. The van der Waals surface area contributed by atoms with Crippen LogP contribution in [0.1, 0.15) is 18.1 Å². The predicted molar refractivity (Wildman–Crippen MR) is 154 cm³/mol. The van der Waals surface area contributed by atoms with Crippen LogP contribution in [0.4, 0.5) is 23.7 Å². The number of benzene rings is 3. The van der Waals surface area contributed by atoms with Crippen LogP contribution in [0.2, 0.25) is 10.0 Å². The van der Waals surface area contributed by atoms with Crippen LogP contribution in [0, 0.1) is 17.5 Å². The average Bonchev–Trinajstić information content (AvgIpc) is 3.17. The van der Waals surface area contributed by atoms with E-state index in [1.807, 2.05) is 5.32 Å². The molecule has 7 nitrogen and oxygen atoms in total. The second-order valence-corrected chi connectivity index (χ2v) is 11.0. The molecule has 1 aliphatic heterocycles. The van der Waals surface area contributed by atoms with Crippen molar-refractivity contribution in [3.05, 3.63) is 90.5 Å². The molecule has 0 atom stereocenters. The summed E-state index contributed by atoms with van der Waals surface area (Å²) in [5.74, 6) is -5.82. The fourth-order valence-electron chi connectivity index (χ4n) is 3.61. The topological polar surface area (TPSA) is 84.9 Å². The van der Waals surface area contributed by atoms with Crippen molar-refractivity contribution in [3.8, 4) is 11.5 Å². The molecule has 1 N–H and O–H groups in total. The van der Waals surface area contributed by atoms with Crippen molar-refractivity contribution in [1.82, 2.24) is 4.90 Å². The minimum absolute atomic E-state index is 0.0118. The third-order valence-electron chi connectivity index (χ3n) is 5.50. The quantitative estimate of drug-likeness (QED) is 0.182. The van der Waals surface area contributed by atoms with Gasteiger partial charge in [0.1, 0.15) is 13.2 Å². The van der Waals surface area contributed by atoms with Gasteiger partial charge in [0.2, 0.25) is 5.91 Å². The fourth-order valence-corrected chi connectivity index (χ4v) is 5.48. The van der Waals surface area contributed by atoms with E-state index in [1.165, 1.54) is 6.08 Å². The minimum atomic E-state index is -1.76. The number of hydrogen-bond donors (Lipinski definition) is 1. The Balaban J connectivity index is 1.50. The summed E-state index contributed by atoms with van der Waals surface area (Å²) in [5.41, 5.74) is 0.542. The lowest BCUT2D eigenvalue weighted by atomic mass is 10.1. The zero-order valence-electron chi connectivity index (χ0n) is 20.9. The summed E-state index contributed by atoms with van der Waals surface area (Å²) in [6.45, 7) is 1.43. The van der Waals surface area contributed by atoms with Gasteiger partial charge in [-0.15, -0.1) is 0 Å². The van der Waals surface area contributed by atoms with Crippen molar-refractivity contribution >= 4 is 79.7 Å². The monoisotopic (exact) mass is 688 g/mol. The summed E-state index contributed by atoms with van der Waals surface area (Å²) >= 11 is 16.2. The van der Waals surface area contributed by atoms with E-state index >= 15 is 0 Å². The van der Waals surface area contributed by atoms with E-state index in [4.69, 9.17) is 32.7 Å². The first-order valence-electron chi connectivity index (χ1n) is 11.7. The number of nitrogens with one attached hydrogen (secondary N) is 1. The molecule has 41 heavy (non-hydrogen) atoms. The normalized spacial score (nSPS) is 14.1. The number of carbonyl (C=O) groups excluding carboxylic acids is 3. The lowest BCUT2D eigenvalue weighted by Crippen LogP contribution is -2.36. The van der Waals surface area contributed by atoms with Crippen LogP contribution in [0.5, 0.6) is 11.5 Å². The van der Waals surface area contributed by atoms with Gasteiger partial charge in [0, 0.05) is 15.6 Å². The van der Waals surface area contributed by atoms with E-state index < -0.39 is 46.7 Å². The first-order valence-corrected chi connectivity index (χ1v) is 14.1. The molecule has 1 fully saturated rings. The SMILES string of the molecule is CCOc1cc(/C=C2\SC(=O)N(CC(=O)Nc3ccc(F)c(F)c3F)C2=O)cc(Br)c1OCc1ccc(Cl)cc1Cl. The summed E-state index contributed by atoms with van der Waals surface area (Å²) in [4.78, 5) is 38.4. The van der Waals surface area contributed by atoms with Crippen LogP contribution in [0.3, 0.4) is 0 Å². The number of amides is 3. The lowest BCUT2D eigenvalue weighted by molar-refractivity contribution is -0.127. The Kier molecular flexibility index (Phi) is 9.90. The standard InChI is InChI=1S/C27H18BrCl2F3N2O5S/c1-2-39-20-8-13(7-16(28)25(20)40-12-14-3-4-15(29)10-17(14)30)9-21-26(37)35(27(38)41-21)11-22(36)34-19-6-5-18(31)23(32)24(19)33/h3-10H,2,11-12H2,1H3,(H,34,36)/b21-9-. The number of ether oxygens (including phenoxy) is 2. The molecule has 0 bridgehead atoms. The molecule has 3 amide bonds. The second-order valence-electron chi connectivity index (χ2n) is 8.33. The minimum Gasteiger partial charge on any atom is -0.490 e. The Morgan fingerprint density at radius 2 is 1.83 bits per heavy atom. The molecular weight excluding hydrogens is 672 g/mol. The van der Waals surface area contributed by atoms with E-state index in [0.717, 1.165) is 6.07 Å². The highest BCUT2D eigenvalue weighted by atomic mass is 79.9. The van der Waals surface area contributed by atoms with Gasteiger partial charge in [0.25, 0.3) is 11.1 Å². The zero-order valence-corrected chi connectivity index (χ0v) is 24.8. The van der Waals surface area contributed by atoms with E-state index in [-0.39, 0.29) is 11.5 Å². The molecule has 1 heterocycles. The van der Waals surface area contributed by atoms with Gasteiger partial charge in [-0.3, -0.25) is 19.3 Å². The highest BCUT2D eigenvalue weighted by molar-refractivity contribution is 9.10. The van der Waals surface area contributed by atoms with Crippen molar-refractivity contribution in [3.63, 3.8) is 0 Å². The van der Waals surface area contributed by atoms with Crippen LogP contribution in [0.25, 0.3) is 6.08 Å². The van der Waals surface area contributed by atoms with Crippen molar-refractivity contribution in [1.29, 1.82) is 0 Å². The Morgan fingerprint density at radius 3 is 2.54 bits per heavy atom. The van der Waals surface area contributed by atoms with E-state index in [0.29, 0.717) is 66.5 Å². The number of nitrogens with zero attached hydrogens (tertiary/aromatic N) is 1. The van der Waals surface area contributed by atoms with E-state index in [2.05, 4.69) is 15.9 Å². The van der Waals surface area contributed by atoms with Gasteiger partial charge in [-0.2, -0.15) is 0 Å². The predicted octanol–water partition coefficient (Wildman–Crippen LogP) is 7.83. The molecule has 3 aromatic carbocycles. The highest BCUT2D eigenvalue weighted by Crippen LogP contribution is 2.40. The molecule has 0 aromatic heterocycles. The first kappa shape index (κ1) is 30.8. The van der Waals surface area contributed by atoms with Crippen LogP contribution in [-0.4, -0.2) is 35.1 Å². The molecule has 0 saturated carbocycles. The number of carbonyl (C=O) groups is 3. The summed E-state index contributed by atoms with van der Waals surface area (Å²) in [7, 11) is 0. The smallest absolute Gasteiger partial charge is 0.294 e. The average molecular weight is 690 g/mol. The van der Waals surface area contributed by atoms with Crippen LogP contribution < -0.4 is 14.8 Å². The second kappa shape index (κ2) is 13.2. The van der Waals surface area contributed by atoms with Crippen molar-refractivity contribution in [2.24, 2.45) is 0 Å². The molecule has 14 heteroatoms. The van der Waals surface area contributed by atoms with Gasteiger partial charge in [0.05, 0.1) is 21.7 Å². The Labute approximate surface area is 254 Å². The fraction of sp³-hybridized carbons (Fsp3) is 0.148. The van der Waals surface area contributed by atoms with Gasteiger partial charge in [-0.25, -0.2) is 13.2 Å². The maximum absolute atomic E-state index is 13.9. The van der Waals surface area contributed by atoms with Crippen molar-refractivity contribution in [2.75, 3.05) is 18.5 Å². The highest BCUT2D eigenvalue weighted by Gasteiger charge is 2.36. The van der Waals surface area contributed by atoms with E-state index in [1.54, 1.807) is 37.3 Å². The first-order chi connectivity index (χ1) is 19.5. The molecular formula is C27H18BrCl2F3N2O5S. The number of imide groups is 1. The summed E-state index contributed by atoms with van der Waals surface area (Å²) in [6.07, 6.45) is 1.44. The number of anilines is 1. The Bertz CT molecular complexity index is 1590. The molecule has 4 rings (SSSR count). The molecule has 214 valence electrons. The van der Waals surface area contributed by atoms with Crippen molar-refractivity contribution in [2.45, 2.75) is 13.5 Å². The Hall–Kier alpha value is -3.19. The van der Waals surface area contributed by atoms with Gasteiger partial charge in [-0.05, 0) is 82.7 Å². The van der Waals surface area contributed by atoms with Gasteiger partial charge in [0.15, 0.2) is 29.0 Å². The van der Waals surface area contributed by atoms with Crippen LogP contribution in [-0.2, 0) is 16.2 Å². The van der Waals surface area contributed by atoms with Crippen LogP contribution >= 0.6 is 50.9 Å². The molecule has 1 aliphatic rings. The Morgan fingerprint density at radius 1 is 1.07 bits per heavy atom. The van der Waals surface area contributed by atoms with Crippen LogP contribution in [0.15, 0.2) is 51.8 Å². The largest absolute Gasteiger partial charge is 0.490 e. The molecule has 0 unspecified atom stereocenters. The molecule has 1 saturated heterocycles. The van der Waals surface area contributed by atoms with Gasteiger partial charge in [-0.1, -0.05) is 29.3 Å². The number of thioether (sulfide) groups is 1. The van der Waals surface area contributed by atoms with Gasteiger partial charge < -0.3 is 14.8 Å². The summed E-state index contributed by atoms with van der Waals surface area (Å²) in [6, 6.07) is 9.73. The summed E-state index contributed by atoms with van der Waals surface area (Å²) < 4.78 is 52.6. The van der Waals surface area contributed by atoms with Gasteiger partial charge >= 0.3 is 0 Å². The van der Waals surface area contributed by atoms with Crippen molar-refractivity contribution < 1.29 is 37.0 Å². The molecule has 3 aromatic rings. The third-order valence-corrected chi connectivity index (χ3v) is 7.58. The summed E-state index contributed by atoms with van der Waals surface area (Å²) in [5, 5.41) is 2.21. The number of halogens is 6. The molecule has 0 radical (unpaired) electrons. The molecule has 0 aliphatic carbocycles. The third kappa shape index (κ3) is 7.18. The maximum atomic E-state index is 13.9. The van der Waals surface area contributed by atoms with E-state index in [9.17, 15) is 27.6 Å². The number of hydrogen-bond acceptors (Lipinski definition) is 6. The molecule has 0 spiro atoms. The zero-order chi connectivity index (χ0) is 29.8.